The Labute approximate surface area is 246 Å². The standard InChI is InChI=1S/C36H34N2O4/c1-3-5-9-23-13-17-25(18-14-23)35(41)37-29-21-22-30(38-36(42)26-19-15-24(16-20-26)10-6-4-2)32-31(29)33(39)27-11-7-8-12-28(27)34(32)40/h7-8,11-22H,3-6,9-10H2,1-2H3,(H,37,41)(H,38,42). The number of unbranched alkanes of at least 4 members (excludes halogenated alkanes) is 2. The molecule has 4 aromatic carbocycles. The molecule has 42 heavy (non-hydrogen) atoms. The van der Waals surface area contributed by atoms with E-state index in [1.54, 1.807) is 60.7 Å². The van der Waals surface area contributed by atoms with Gasteiger partial charge in [-0.3, -0.25) is 19.2 Å². The Hall–Kier alpha value is -4.84. The number of carbonyl (C=O) groups is 4. The van der Waals surface area contributed by atoms with Crippen molar-refractivity contribution in [2.75, 3.05) is 10.6 Å². The third-order valence-corrected chi connectivity index (χ3v) is 7.64. The summed E-state index contributed by atoms with van der Waals surface area (Å²) in [5.74, 6) is -1.56. The van der Waals surface area contributed by atoms with Crippen LogP contribution in [0.5, 0.6) is 0 Å². The Morgan fingerprint density at radius 1 is 0.548 bits per heavy atom. The van der Waals surface area contributed by atoms with Crippen molar-refractivity contribution < 1.29 is 19.2 Å². The number of hydrogen-bond donors (Lipinski definition) is 2. The Morgan fingerprint density at radius 2 is 0.929 bits per heavy atom. The number of ketones is 2. The maximum atomic E-state index is 13.8. The molecule has 0 aromatic heterocycles. The van der Waals surface area contributed by atoms with E-state index in [4.69, 9.17) is 0 Å². The third kappa shape index (κ3) is 5.93. The molecule has 0 atom stereocenters. The van der Waals surface area contributed by atoms with Crippen LogP contribution in [-0.2, 0) is 12.8 Å². The molecular formula is C36H34N2O4. The van der Waals surface area contributed by atoms with E-state index < -0.39 is 11.8 Å². The molecule has 5 rings (SSSR count). The fourth-order valence-electron chi connectivity index (χ4n) is 5.23. The molecule has 2 amide bonds. The third-order valence-electron chi connectivity index (χ3n) is 7.64. The molecule has 4 aromatic rings. The minimum Gasteiger partial charge on any atom is -0.321 e. The second-order valence-electron chi connectivity index (χ2n) is 10.6. The lowest BCUT2D eigenvalue weighted by molar-refractivity contribution is 0.0977. The van der Waals surface area contributed by atoms with Gasteiger partial charge in [0.1, 0.15) is 0 Å². The quantitative estimate of drug-likeness (QED) is 0.184. The lowest BCUT2D eigenvalue weighted by Gasteiger charge is -2.23. The summed E-state index contributed by atoms with van der Waals surface area (Å²) < 4.78 is 0. The lowest BCUT2D eigenvalue weighted by Crippen LogP contribution is -2.26. The van der Waals surface area contributed by atoms with Gasteiger partial charge in [-0.2, -0.15) is 0 Å². The van der Waals surface area contributed by atoms with E-state index >= 15 is 0 Å². The lowest BCUT2D eigenvalue weighted by atomic mass is 9.82. The van der Waals surface area contributed by atoms with Crippen molar-refractivity contribution in [2.24, 2.45) is 0 Å². The van der Waals surface area contributed by atoms with Gasteiger partial charge in [0.25, 0.3) is 11.8 Å². The van der Waals surface area contributed by atoms with Gasteiger partial charge < -0.3 is 10.6 Å². The number of hydrogen-bond acceptors (Lipinski definition) is 4. The molecule has 0 radical (unpaired) electrons. The molecule has 0 aliphatic heterocycles. The molecule has 0 fully saturated rings. The molecule has 1 aliphatic carbocycles. The van der Waals surface area contributed by atoms with Crippen molar-refractivity contribution in [2.45, 2.75) is 52.4 Å². The van der Waals surface area contributed by atoms with Crippen molar-refractivity contribution in [1.29, 1.82) is 0 Å². The highest BCUT2D eigenvalue weighted by Gasteiger charge is 2.34. The predicted molar refractivity (Wildman–Crippen MR) is 166 cm³/mol. The Kier molecular flexibility index (Phi) is 8.72. The molecular weight excluding hydrogens is 524 g/mol. The van der Waals surface area contributed by atoms with Crippen LogP contribution in [0.1, 0.15) is 103 Å². The van der Waals surface area contributed by atoms with Crippen molar-refractivity contribution >= 4 is 34.8 Å². The average molecular weight is 559 g/mol. The Bertz CT molecular complexity index is 1530. The first kappa shape index (κ1) is 28.7. The highest BCUT2D eigenvalue weighted by Crippen LogP contribution is 2.37. The van der Waals surface area contributed by atoms with Crippen LogP contribution in [-0.4, -0.2) is 23.4 Å². The summed E-state index contributed by atoms with van der Waals surface area (Å²) in [6.45, 7) is 4.27. The number of amides is 2. The number of rotatable bonds is 10. The Balaban J connectivity index is 1.47. The molecule has 0 spiro atoms. The van der Waals surface area contributed by atoms with Crippen LogP contribution in [0, 0.1) is 0 Å². The zero-order valence-corrected chi connectivity index (χ0v) is 24.0. The number of aryl methyl sites for hydroxylation is 2. The molecule has 0 saturated heterocycles. The van der Waals surface area contributed by atoms with E-state index in [2.05, 4.69) is 24.5 Å². The van der Waals surface area contributed by atoms with Crippen molar-refractivity contribution in [3.05, 3.63) is 129 Å². The van der Waals surface area contributed by atoms with Gasteiger partial charge in [-0.1, -0.05) is 75.2 Å². The van der Waals surface area contributed by atoms with Crippen LogP contribution in [0.2, 0.25) is 0 Å². The molecule has 0 heterocycles. The molecule has 212 valence electrons. The van der Waals surface area contributed by atoms with Gasteiger partial charge in [0.2, 0.25) is 0 Å². The van der Waals surface area contributed by atoms with E-state index in [9.17, 15) is 19.2 Å². The van der Waals surface area contributed by atoms with Crippen LogP contribution in [0.4, 0.5) is 11.4 Å². The number of carbonyl (C=O) groups excluding carboxylic acids is 4. The van der Waals surface area contributed by atoms with Gasteiger partial charge in [-0.05, 0) is 73.2 Å². The topological polar surface area (TPSA) is 92.3 Å². The minimum absolute atomic E-state index is 0.0688. The summed E-state index contributed by atoms with van der Waals surface area (Å²) >= 11 is 0. The van der Waals surface area contributed by atoms with E-state index in [1.807, 2.05) is 24.3 Å². The van der Waals surface area contributed by atoms with E-state index in [-0.39, 0.29) is 45.2 Å². The normalized spacial score (nSPS) is 12.0. The predicted octanol–water partition coefficient (Wildman–Crippen LogP) is 7.65. The average Bonchev–Trinajstić information content (AvgIpc) is 3.02. The largest absolute Gasteiger partial charge is 0.321 e. The van der Waals surface area contributed by atoms with Gasteiger partial charge in [0, 0.05) is 22.3 Å². The van der Waals surface area contributed by atoms with E-state index in [0.717, 1.165) is 49.7 Å². The highest BCUT2D eigenvalue weighted by atomic mass is 16.2. The molecule has 0 unspecified atom stereocenters. The second kappa shape index (κ2) is 12.8. The first-order chi connectivity index (χ1) is 20.4. The summed E-state index contributed by atoms with van der Waals surface area (Å²) in [6, 6.07) is 24.5. The number of nitrogens with one attached hydrogen (secondary N) is 2. The van der Waals surface area contributed by atoms with E-state index in [1.165, 1.54) is 0 Å². The molecule has 0 saturated carbocycles. The van der Waals surface area contributed by atoms with Gasteiger partial charge >= 0.3 is 0 Å². The van der Waals surface area contributed by atoms with Crippen LogP contribution < -0.4 is 10.6 Å². The van der Waals surface area contributed by atoms with Crippen LogP contribution in [0.25, 0.3) is 0 Å². The fourth-order valence-corrected chi connectivity index (χ4v) is 5.23. The van der Waals surface area contributed by atoms with Gasteiger partial charge in [-0.25, -0.2) is 0 Å². The minimum atomic E-state index is -0.390. The number of anilines is 2. The number of fused-ring (bicyclic) bond motifs is 2. The molecule has 6 nitrogen and oxygen atoms in total. The molecule has 0 bridgehead atoms. The van der Waals surface area contributed by atoms with Gasteiger partial charge in [0.05, 0.1) is 22.5 Å². The second-order valence-corrected chi connectivity index (χ2v) is 10.6. The van der Waals surface area contributed by atoms with Crippen molar-refractivity contribution in [3.63, 3.8) is 0 Å². The first-order valence-corrected chi connectivity index (χ1v) is 14.6. The molecule has 2 N–H and O–H groups in total. The van der Waals surface area contributed by atoms with Gasteiger partial charge in [-0.15, -0.1) is 0 Å². The fraction of sp³-hybridized carbons (Fsp3) is 0.222. The monoisotopic (exact) mass is 558 g/mol. The summed E-state index contributed by atoms with van der Waals surface area (Å²) in [6.07, 6.45) is 6.21. The van der Waals surface area contributed by atoms with Crippen molar-refractivity contribution in [3.8, 4) is 0 Å². The van der Waals surface area contributed by atoms with Crippen molar-refractivity contribution in [1.82, 2.24) is 0 Å². The smallest absolute Gasteiger partial charge is 0.255 e. The van der Waals surface area contributed by atoms with Crippen LogP contribution in [0.3, 0.4) is 0 Å². The maximum absolute atomic E-state index is 13.8. The Morgan fingerprint density at radius 3 is 1.29 bits per heavy atom. The number of benzene rings is 4. The maximum Gasteiger partial charge on any atom is 0.255 e. The summed E-state index contributed by atoms with van der Waals surface area (Å²) in [5.41, 5.74) is 4.29. The SMILES string of the molecule is CCCCc1ccc(C(=O)Nc2ccc(NC(=O)c3ccc(CCCC)cc3)c3c2C(=O)c2ccccc2C3=O)cc1. The first-order valence-electron chi connectivity index (χ1n) is 14.6. The van der Waals surface area contributed by atoms with Crippen LogP contribution in [0.15, 0.2) is 84.9 Å². The molecule has 1 aliphatic rings. The highest BCUT2D eigenvalue weighted by molar-refractivity contribution is 6.33. The zero-order chi connectivity index (χ0) is 29.6. The summed E-state index contributed by atoms with van der Waals surface area (Å²) in [4.78, 5) is 54.0. The van der Waals surface area contributed by atoms with Gasteiger partial charge in [0.15, 0.2) is 11.6 Å². The van der Waals surface area contributed by atoms with Crippen LogP contribution >= 0.6 is 0 Å². The zero-order valence-electron chi connectivity index (χ0n) is 24.0. The molecule has 6 heteroatoms. The summed E-state index contributed by atoms with van der Waals surface area (Å²) in [7, 11) is 0. The van der Waals surface area contributed by atoms with E-state index in [0.29, 0.717) is 11.1 Å². The summed E-state index contributed by atoms with van der Waals surface area (Å²) in [5, 5.41) is 5.68.